The Labute approximate surface area is 108 Å². The number of nitrogens with one attached hydrogen (secondary N) is 1. The third-order valence-electron chi connectivity index (χ3n) is 2.70. The fourth-order valence-electron chi connectivity index (χ4n) is 1.87. The van der Waals surface area contributed by atoms with Crippen molar-refractivity contribution in [2.75, 3.05) is 19.7 Å². The molecule has 6 nitrogen and oxygen atoms in total. The van der Waals surface area contributed by atoms with Crippen molar-refractivity contribution in [1.29, 1.82) is 0 Å². The molecule has 18 heavy (non-hydrogen) atoms. The second kappa shape index (κ2) is 6.86. The highest BCUT2D eigenvalue weighted by Gasteiger charge is 2.39. The zero-order valence-corrected chi connectivity index (χ0v) is 11.4. The van der Waals surface area contributed by atoms with E-state index in [1.807, 2.05) is 0 Å². The summed E-state index contributed by atoms with van der Waals surface area (Å²) in [5.74, 6) is -0.468. The van der Waals surface area contributed by atoms with E-state index >= 15 is 0 Å². The molecule has 0 aromatic heterocycles. The average molecular weight is 276 g/mol. The number of hydrogen-bond donors (Lipinski definition) is 1. The van der Waals surface area contributed by atoms with Gasteiger partial charge in [-0.2, -0.15) is 12.7 Å². The van der Waals surface area contributed by atoms with Crippen molar-refractivity contribution in [3.05, 3.63) is 12.7 Å². The van der Waals surface area contributed by atoms with Crippen LogP contribution in [-0.2, 0) is 19.7 Å². The van der Waals surface area contributed by atoms with Crippen molar-refractivity contribution in [3.8, 4) is 0 Å². The third-order valence-corrected chi connectivity index (χ3v) is 4.33. The number of carbonyl (C=O) groups excluding carboxylic acids is 1. The number of nitrogens with zero attached hydrogens (tertiary/aromatic N) is 1. The van der Waals surface area contributed by atoms with Crippen molar-refractivity contribution >= 4 is 16.2 Å². The summed E-state index contributed by atoms with van der Waals surface area (Å²) in [5.41, 5.74) is 0. The molecule has 0 bridgehead atoms. The van der Waals surface area contributed by atoms with Gasteiger partial charge in [-0.3, -0.25) is 4.79 Å². The highest BCUT2D eigenvalue weighted by molar-refractivity contribution is 7.87. The fraction of sp³-hybridized carbons (Fsp3) is 0.727. The van der Waals surface area contributed by atoms with Gasteiger partial charge in [0, 0.05) is 13.1 Å². The van der Waals surface area contributed by atoms with Gasteiger partial charge in [-0.05, 0) is 26.2 Å². The van der Waals surface area contributed by atoms with Gasteiger partial charge in [-0.15, -0.1) is 6.58 Å². The van der Waals surface area contributed by atoms with E-state index in [1.54, 1.807) is 13.0 Å². The summed E-state index contributed by atoms with van der Waals surface area (Å²) >= 11 is 0. The van der Waals surface area contributed by atoms with Gasteiger partial charge in [-0.25, -0.2) is 4.72 Å². The van der Waals surface area contributed by atoms with Gasteiger partial charge >= 0.3 is 5.97 Å². The quantitative estimate of drug-likeness (QED) is 0.415. The summed E-state index contributed by atoms with van der Waals surface area (Å²) in [7, 11) is -3.61. The van der Waals surface area contributed by atoms with Crippen LogP contribution in [0.4, 0.5) is 0 Å². The number of esters is 1. The van der Waals surface area contributed by atoms with Crippen LogP contribution in [0.5, 0.6) is 0 Å². The standard InChI is InChI=1S/C11H20N2O4S/c1-3-5-8-12-18(15,16)13-9-6-7-10(13)11(14)17-4-2/h3,10,12H,1,4-9H2,2H3. The van der Waals surface area contributed by atoms with Crippen LogP contribution in [0.15, 0.2) is 12.7 Å². The average Bonchev–Trinajstić information content (AvgIpc) is 2.79. The maximum absolute atomic E-state index is 12.0. The van der Waals surface area contributed by atoms with E-state index in [0.29, 0.717) is 25.8 Å². The van der Waals surface area contributed by atoms with Crippen molar-refractivity contribution < 1.29 is 17.9 Å². The number of rotatable bonds is 7. The molecule has 7 heteroatoms. The molecule has 0 radical (unpaired) electrons. The molecular formula is C11H20N2O4S. The minimum absolute atomic E-state index is 0.257. The molecule has 0 aliphatic carbocycles. The molecule has 1 unspecified atom stereocenters. The van der Waals surface area contributed by atoms with E-state index in [9.17, 15) is 13.2 Å². The minimum Gasteiger partial charge on any atom is -0.465 e. The zero-order valence-electron chi connectivity index (χ0n) is 10.6. The van der Waals surface area contributed by atoms with Gasteiger partial charge < -0.3 is 4.74 Å². The van der Waals surface area contributed by atoms with Crippen molar-refractivity contribution in [1.82, 2.24) is 9.03 Å². The summed E-state index contributed by atoms with van der Waals surface area (Å²) in [5, 5.41) is 0. The normalized spacial score (nSPS) is 20.8. The highest BCUT2D eigenvalue weighted by Crippen LogP contribution is 2.21. The summed E-state index contributed by atoms with van der Waals surface area (Å²) < 4.78 is 32.5. The monoisotopic (exact) mass is 276 g/mol. The first-order valence-corrected chi connectivity index (χ1v) is 7.51. The molecule has 0 spiro atoms. The summed E-state index contributed by atoms with van der Waals surface area (Å²) in [6.07, 6.45) is 3.37. The van der Waals surface area contributed by atoms with Crippen LogP contribution in [0.2, 0.25) is 0 Å². The van der Waals surface area contributed by atoms with Crippen LogP contribution in [0.3, 0.4) is 0 Å². The van der Waals surface area contributed by atoms with Gasteiger partial charge in [-0.1, -0.05) is 6.08 Å². The van der Waals surface area contributed by atoms with Crippen LogP contribution < -0.4 is 4.72 Å². The topological polar surface area (TPSA) is 75.7 Å². The largest absolute Gasteiger partial charge is 0.465 e. The number of hydrogen-bond acceptors (Lipinski definition) is 4. The van der Waals surface area contributed by atoms with Crippen LogP contribution in [0, 0.1) is 0 Å². The SMILES string of the molecule is C=CCCNS(=O)(=O)N1CCCC1C(=O)OCC. The predicted molar refractivity (Wildman–Crippen MR) is 68.1 cm³/mol. The van der Waals surface area contributed by atoms with Gasteiger partial charge in [0.05, 0.1) is 6.61 Å². The van der Waals surface area contributed by atoms with Crippen LogP contribution in [-0.4, -0.2) is 44.4 Å². The van der Waals surface area contributed by atoms with Crippen molar-refractivity contribution in [2.45, 2.75) is 32.2 Å². The Morgan fingerprint density at radius 2 is 2.33 bits per heavy atom. The Kier molecular flexibility index (Phi) is 5.77. The fourth-order valence-corrected chi connectivity index (χ4v) is 3.31. The van der Waals surface area contributed by atoms with E-state index in [4.69, 9.17) is 4.74 Å². The maximum atomic E-state index is 12.0. The minimum atomic E-state index is -3.61. The lowest BCUT2D eigenvalue weighted by Crippen LogP contribution is -2.47. The molecule has 1 fully saturated rings. The molecule has 1 rings (SSSR count). The summed E-state index contributed by atoms with van der Waals surface area (Å²) in [4.78, 5) is 11.7. The second-order valence-electron chi connectivity index (χ2n) is 4.00. The molecule has 1 saturated heterocycles. The zero-order chi connectivity index (χ0) is 13.6. The smallest absolute Gasteiger partial charge is 0.324 e. The van der Waals surface area contributed by atoms with Crippen molar-refractivity contribution in [3.63, 3.8) is 0 Å². The Balaban J connectivity index is 2.67. The molecule has 0 amide bonds. The predicted octanol–water partition coefficient (Wildman–Crippen LogP) is 0.424. The Morgan fingerprint density at radius 1 is 1.61 bits per heavy atom. The lowest BCUT2D eigenvalue weighted by molar-refractivity contribution is -0.146. The van der Waals surface area contributed by atoms with E-state index in [-0.39, 0.29) is 13.2 Å². The lowest BCUT2D eigenvalue weighted by Gasteiger charge is -2.22. The van der Waals surface area contributed by atoms with E-state index < -0.39 is 22.2 Å². The third kappa shape index (κ3) is 3.79. The maximum Gasteiger partial charge on any atom is 0.324 e. The van der Waals surface area contributed by atoms with E-state index in [2.05, 4.69) is 11.3 Å². The summed E-state index contributed by atoms with van der Waals surface area (Å²) in [6.45, 7) is 6.13. The Hall–Kier alpha value is -0.920. The van der Waals surface area contributed by atoms with Gasteiger partial charge in [0.1, 0.15) is 6.04 Å². The Morgan fingerprint density at radius 3 is 2.94 bits per heavy atom. The molecule has 0 saturated carbocycles. The molecule has 1 aliphatic heterocycles. The first-order valence-electron chi connectivity index (χ1n) is 6.07. The first kappa shape index (κ1) is 15.1. The van der Waals surface area contributed by atoms with Crippen LogP contribution in [0.1, 0.15) is 26.2 Å². The highest BCUT2D eigenvalue weighted by atomic mass is 32.2. The Bertz CT molecular complexity index is 394. The lowest BCUT2D eigenvalue weighted by atomic mass is 10.2. The second-order valence-corrected chi connectivity index (χ2v) is 5.71. The summed E-state index contributed by atoms with van der Waals surface area (Å²) in [6, 6.07) is -0.689. The van der Waals surface area contributed by atoms with Gasteiger partial charge in [0.2, 0.25) is 0 Å². The number of carbonyl (C=O) groups is 1. The molecule has 104 valence electrons. The molecular weight excluding hydrogens is 256 g/mol. The molecule has 0 aromatic carbocycles. The molecule has 1 aliphatic rings. The first-order chi connectivity index (χ1) is 8.53. The van der Waals surface area contributed by atoms with Crippen LogP contribution in [0.25, 0.3) is 0 Å². The number of ether oxygens (including phenoxy) is 1. The molecule has 1 atom stereocenters. The van der Waals surface area contributed by atoms with E-state index in [0.717, 1.165) is 0 Å². The molecule has 1 N–H and O–H groups in total. The van der Waals surface area contributed by atoms with Gasteiger partial charge in [0.25, 0.3) is 10.2 Å². The molecule has 1 heterocycles. The van der Waals surface area contributed by atoms with Crippen molar-refractivity contribution in [2.24, 2.45) is 0 Å². The van der Waals surface area contributed by atoms with E-state index in [1.165, 1.54) is 4.31 Å². The van der Waals surface area contributed by atoms with Gasteiger partial charge in [0.15, 0.2) is 0 Å². The van der Waals surface area contributed by atoms with Crippen LogP contribution >= 0.6 is 0 Å². The molecule has 0 aromatic rings.